The molecule has 0 radical (unpaired) electrons. The van der Waals surface area contributed by atoms with Gasteiger partial charge in [-0.05, 0) is 73.5 Å². The lowest BCUT2D eigenvalue weighted by Gasteiger charge is -2.59. The van der Waals surface area contributed by atoms with Crippen molar-refractivity contribution in [2.45, 2.75) is 77.7 Å². The highest BCUT2D eigenvalue weighted by atomic mass is 16.5. The number of morpholine rings is 1. The largest absolute Gasteiger partial charge is 0.393 e. The SMILES string of the molecule is C[C@]12CC[C@@H](O)C[C@@H]1CC[C@H]1[C@@H]3CC[C@H](C(=O)CCN4CCOCC4)[C@@]3(C)CC(=O)[C@@H]12. The first-order valence-corrected chi connectivity index (χ1v) is 12.9. The maximum atomic E-state index is 13.7. The number of aliphatic hydroxyl groups excluding tert-OH is 1. The molecule has 5 fully saturated rings. The van der Waals surface area contributed by atoms with Gasteiger partial charge in [-0.1, -0.05) is 13.8 Å². The topological polar surface area (TPSA) is 66.8 Å². The van der Waals surface area contributed by atoms with Crippen molar-refractivity contribution in [3.05, 3.63) is 0 Å². The molecule has 31 heavy (non-hydrogen) atoms. The summed E-state index contributed by atoms with van der Waals surface area (Å²) in [5, 5.41) is 10.2. The first kappa shape index (κ1) is 22.0. The van der Waals surface area contributed by atoms with Crippen molar-refractivity contribution in [1.82, 2.24) is 4.90 Å². The summed E-state index contributed by atoms with van der Waals surface area (Å²) < 4.78 is 5.43. The first-order valence-electron chi connectivity index (χ1n) is 12.9. The highest BCUT2D eigenvalue weighted by Crippen LogP contribution is 2.66. The molecule has 4 aliphatic carbocycles. The Morgan fingerprint density at radius 3 is 2.65 bits per heavy atom. The van der Waals surface area contributed by atoms with Crippen molar-refractivity contribution < 1.29 is 19.4 Å². The second kappa shape index (κ2) is 8.22. The van der Waals surface area contributed by atoms with Crippen LogP contribution < -0.4 is 0 Å². The Kier molecular flexibility index (Phi) is 5.84. The standard InChI is InChI=1S/C26H41NO4/c1-25-9-7-18(28)15-17(25)3-4-19-20-5-6-21(26(20,2)16-23(30)24(19)25)22(29)8-10-27-11-13-31-14-12-27/h17-21,24,28H,3-16H2,1-2H3/t17-,18+,19-,20-,21+,24+,25-,26-/m0/s1. The Labute approximate surface area is 187 Å². The van der Waals surface area contributed by atoms with Gasteiger partial charge in [0.2, 0.25) is 0 Å². The van der Waals surface area contributed by atoms with Crippen molar-refractivity contribution in [3.8, 4) is 0 Å². The quantitative estimate of drug-likeness (QED) is 0.738. The number of ketones is 2. The predicted molar refractivity (Wildman–Crippen MR) is 118 cm³/mol. The number of fused-ring (bicyclic) bond motifs is 5. The molecule has 1 saturated heterocycles. The zero-order valence-electron chi connectivity index (χ0n) is 19.5. The van der Waals surface area contributed by atoms with Gasteiger partial charge in [0.1, 0.15) is 11.6 Å². The van der Waals surface area contributed by atoms with Gasteiger partial charge in [-0.25, -0.2) is 0 Å². The zero-order valence-corrected chi connectivity index (χ0v) is 19.5. The van der Waals surface area contributed by atoms with E-state index in [1.165, 1.54) is 0 Å². The molecule has 8 atom stereocenters. The number of aliphatic hydroxyl groups is 1. The second-order valence-electron chi connectivity index (χ2n) is 11.9. The van der Waals surface area contributed by atoms with E-state index < -0.39 is 0 Å². The summed E-state index contributed by atoms with van der Waals surface area (Å²) in [4.78, 5) is 29.4. The Balaban J connectivity index is 1.31. The molecule has 1 N–H and O–H groups in total. The molecular formula is C26H41NO4. The molecule has 5 aliphatic rings. The summed E-state index contributed by atoms with van der Waals surface area (Å²) in [5.74, 6) is 2.47. The molecule has 5 rings (SSSR count). The fourth-order valence-corrected chi connectivity index (χ4v) is 8.85. The van der Waals surface area contributed by atoms with Gasteiger partial charge in [0.05, 0.1) is 19.3 Å². The number of ether oxygens (including phenoxy) is 1. The van der Waals surface area contributed by atoms with Gasteiger partial charge in [-0.3, -0.25) is 14.5 Å². The number of rotatable bonds is 4. The molecule has 0 aromatic carbocycles. The predicted octanol–water partition coefficient (Wildman–Crippen LogP) is 3.48. The van der Waals surface area contributed by atoms with Crippen molar-refractivity contribution in [1.29, 1.82) is 0 Å². The maximum absolute atomic E-state index is 13.7. The van der Waals surface area contributed by atoms with Crippen molar-refractivity contribution >= 4 is 11.6 Å². The van der Waals surface area contributed by atoms with Crippen LogP contribution in [0.4, 0.5) is 0 Å². The Morgan fingerprint density at radius 2 is 1.87 bits per heavy atom. The fraction of sp³-hybridized carbons (Fsp3) is 0.923. The number of nitrogens with zero attached hydrogens (tertiary/aromatic N) is 1. The first-order chi connectivity index (χ1) is 14.8. The van der Waals surface area contributed by atoms with E-state index in [-0.39, 0.29) is 28.8 Å². The third-order valence-electron chi connectivity index (χ3n) is 10.5. The van der Waals surface area contributed by atoms with Crippen molar-refractivity contribution in [2.24, 2.45) is 40.4 Å². The number of hydrogen-bond donors (Lipinski definition) is 1. The van der Waals surface area contributed by atoms with E-state index in [4.69, 9.17) is 4.74 Å². The lowest BCUT2D eigenvalue weighted by molar-refractivity contribution is -0.162. The Bertz CT molecular complexity index is 718. The van der Waals surface area contributed by atoms with Crippen LogP contribution in [0.25, 0.3) is 0 Å². The van der Waals surface area contributed by atoms with Gasteiger partial charge >= 0.3 is 0 Å². The van der Waals surface area contributed by atoms with Gasteiger partial charge in [0, 0.05) is 44.3 Å². The maximum Gasteiger partial charge on any atom is 0.137 e. The monoisotopic (exact) mass is 431 g/mol. The number of carbonyl (C=O) groups is 2. The summed E-state index contributed by atoms with van der Waals surface area (Å²) in [5.41, 5.74) is -0.0866. The minimum Gasteiger partial charge on any atom is -0.393 e. The average Bonchev–Trinajstić information content (AvgIpc) is 3.09. The van der Waals surface area contributed by atoms with Crippen LogP contribution in [0.5, 0.6) is 0 Å². The zero-order chi connectivity index (χ0) is 21.8. The van der Waals surface area contributed by atoms with Crippen LogP contribution in [0.2, 0.25) is 0 Å². The minimum atomic E-state index is -0.182. The number of hydrogen-bond acceptors (Lipinski definition) is 5. The normalized spacial score (nSPS) is 48.0. The van der Waals surface area contributed by atoms with Crippen LogP contribution in [0.1, 0.15) is 71.6 Å². The lowest BCUT2D eigenvalue weighted by Crippen LogP contribution is -2.58. The van der Waals surface area contributed by atoms with E-state index in [1.54, 1.807) is 0 Å². The van der Waals surface area contributed by atoms with Gasteiger partial charge in [-0.15, -0.1) is 0 Å². The second-order valence-corrected chi connectivity index (χ2v) is 11.9. The molecule has 0 aromatic rings. The van der Waals surface area contributed by atoms with E-state index in [1.807, 2.05) is 0 Å². The van der Waals surface area contributed by atoms with Gasteiger partial charge < -0.3 is 9.84 Å². The molecule has 0 aromatic heterocycles. The van der Waals surface area contributed by atoms with Gasteiger partial charge in [0.25, 0.3) is 0 Å². The molecule has 5 heteroatoms. The van der Waals surface area contributed by atoms with Crippen LogP contribution in [-0.4, -0.2) is 60.5 Å². The number of Topliss-reactive ketones (excluding diaryl/α,β-unsaturated/α-hetero) is 2. The summed E-state index contributed by atoms with van der Waals surface area (Å²) in [6.45, 7) is 8.85. The highest BCUT2D eigenvalue weighted by molar-refractivity contribution is 5.87. The van der Waals surface area contributed by atoms with E-state index in [0.29, 0.717) is 42.2 Å². The molecule has 4 saturated carbocycles. The molecule has 0 unspecified atom stereocenters. The third-order valence-corrected chi connectivity index (χ3v) is 10.5. The lowest BCUT2D eigenvalue weighted by atomic mass is 9.44. The third kappa shape index (κ3) is 3.63. The van der Waals surface area contributed by atoms with Gasteiger partial charge in [0.15, 0.2) is 0 Å². The fourth-order valence-electron chi connectivity index (χ4n) is 8.85. The van der Waals surface area contributed by atoms with Gasteiger partial charge in [-0.2, -0.15) is 0 Å². The molecule has 0 amide bonds. The molecule has 1 heterocycles. The van der Waals surface area contributed by atoms with Crippen LogP contribution in [-0.2, 0) is 14.3 Å². The van der Waals surface area contributed by atoms with E-state index in [9.17, 15) is 14.7 Å². The van der Waals surface area contributed by atoms with Crippen LogP contribution in [0.15, 0.2) is 0 Å². The van der Waals surface area contributed by atoms with E-state index in [2.05, 4.69) is 18.7 Å². The van der Waals surface area contributed by atoms with Crippen molar-refractivity contribution in [3.63, 3.8) is 0 Å². The molecule has 0 bridgehead atoms. The minimum absolute atomic E-state index is 0.0546. The molecular weight excluding hydrogens is 390 g/mol. The van der Waals surface area contributed by atoms with E-state index in [0.717, 1.165) is 77.8 Å². The van der Waals surface area contributed by atoms with Crippen LogP contribution >= 0.6 is 0 Å². The average molecular weight is 432 g/mol. The summed E-state index contributed by atoms with van der Waals surface area (Å²) in [6, 6.07) is 0. The summed E-state index contributed by atoms with van der Waals surface area (Å²) in [7, 11) is 0. The summed E-state index contributed by atoms with van der Waals surface area (Å²) >= 11 is 0. The molecule has 5 nitrogen and oxygen atoms in total. The summed E-state index contributed by atoms with van der Waals surface area (Å²) in [6.07, 6.45) is 8.06. The smallest absolute Gasteiger partial charge is 0.137 e. The van der Waals surface area contributed by atoms with E-state index >= 15 is 0 Å². The van der Waals surface area contributed by atoms with Crippen molar-refractivity contribution in [2.75, 3.05) is 32.8 Å². The highest BCUT2D eigenvalue weighted by Gasteiger charge is 2.63. The molecule has 1 aliphatic heterocycles. The van der Waals surface area contributed by atoms with Crippen LogP contribution in [0, 0.1) is 40.4 Å². The Hall–Kier alpha value is -0.780. The molecule has 174 valence electrons. The van der Waals surface area contributed by atoms with Crippen LogP contribution in [0.3, 0.4) is 0 Å². The Morgan fingerprint density at radius 1 is 1.10 bits per heavy atom. The molecule has 0 spiro atoms. The number of carbonyl (C=O) groups excluding carboxylic acids is 2.